The topological polar surface area (TPSA) is 21.3 Å². The molecule has 0 aromatic heterocycles. The van der Waals surface area contributed by atoms with Crippen LogP contribution >= 0.6 is 11.6 Å². The lowest BCUT2D eigenvalue weighted by atomic mass is 10.1. The number of hydrogen-bond donors (Lipinski definition) is 1. The monoisotopic (exact) mass is 281 g/mol. The Bertz CT molecular complexity index is 340. The van der Waals surface area contributed by atoms with Crippen LogP contribution in [0.1, 0.15) is 11.1 Å². The Labute approximate surface area is 109 Å². The molecule has 1 aromatic rings. The van der Waals surface area contributed by atoms with Gasteiger partial charge in [0.25, 0.3) is 0 Å². The van der Waals surface area contributed by atoms with E-state index in [9.17, 15) is 13.2 Å². The van der Waals surface area contributed by atoms with E-state index in [1.807, 2.05) is 24.3 Å². The number of ether oxygens (including phenoxy) is 1. The second kappa shape index (κ2) is 7.61. The van der Waals surface area contributed by atoms with E-state index >= 15 is 0 Å². The number of alkyl halides is 4. The molecule has 0 saturated heterocycles. The standard InChI is InChI=1S/C12H15ClF3NO/c13-7-10-1-3-11(4-2-10)8-17-5-6-18-9-12(14,15)16/h1-4,17H,5-9H2. The van der Waals surface area contributed by atoms with Gasteiger partial charge < -0.3 is 10.1 Å². The maximum Gasteiger partial charge on any atom is 0.411 e. The Hall–Kier alpha value is -0.780. The van der Waals surface area contributed by atoms with Crippen LogP contribution in [0.15, 0.2) is 24.3 Å². The zero-order valence-electron chi connectivity index (χ0n) is 9.77. The van der Waals surface area contributed by atoms with Gasteiger partial charge in [0.2, 0.25) is 0 Å². The molecule has 1 aromatic carbocycles. The summed E-state index contributed by atoms with van der Waals surface area (Å²) in [5.41, 5.74) is 2.09. The van der Waals surface area contributed by atoms with Gasteiger partial charge in [-0.2, -0.15) is 13.2 Å². The average molecular weight is 282 g/mol. The van der Waals surface area contributed by atoms with Gasteiger partial charge in [0.1, 0.15) is 6.61 Å². The van der Waals surface area contributed by atoms with Crippen LogP contribution in [0.3, 0.4) is 0 Å². The predicted octanol–water partition coefficient (Wildman–Crippen LogP) is 3.09. The van der Waals surface area contributed by atoms with Gasteiger partial charge in [-0.05, 0) is 11.1 Å². The van der Waals surface area contributed by atoms with Crippen LogP contribution in [0.25, 0.3) is 0 Å². The summed E-state index contributed by atoms with van der Waals surface area (Å²) < 4.78 is 39.7. The molecule has 0 saturated carbocycles. The molecule has 0 aliphatic heterocycles. The van der Waals surface area contributed by atoms with E-state index in [1.54, 1.807) is 0 Å². The van der Waals surface area contributed by atoms with Crippen molar-refractivity contribution in [2.75, 3.05) is 19.8 Å². The first kappa shape index (κ1) is 15.3. The van der Waals surface area contributed by atoms with E-state index < -0.39 is 12.8 Å². The molecule has 1 N–H and O–H groups in total. The molecule has 102 valence electrons. The Morgan fingerprint density at radius 3 is 2.28 bits per heavy atom. The maximum absolute atomic E-state index is 11.7. The van der Waals surface area contributed by atoms with Gasteiger partial charge in [-0.3, -0.25) is 0 Å². The Morgan fingerprint density at radius 1 is 1.11 bits per heavy atom. The first-order valence-corrected chi connectivity index (χ1v) is 6.04. The van der Waals surface area contributed by atoms with Crippen molar-refractivity contribution in [3.05, 3.63) is 35.4 Å². The van der Waals surface area contributed by atoms with Gasteiger partial charge in [0, 0.05) is 19.0 Å². The van der Waals surface area contributed by atoms with Crippen LogP contribution in [0.2, 0.25) is 0 Å². The van der Waals surface area contributed by atoms with Crippen molar-refractivity contribution in [2.24, 2.45) is 0 Å². The molecule has 0 fully saturated rings. The third-order valence-electron chi connectivity index (χ3n) is 2.20. The molecular weight excluding hydrogens is 267 g/mol. The van der Waals surface area contributed by atoms with Gasteiger partial charge in [-0.15, -0.1) is 11.6 Å². The summed E-state index contributed by atoms with van der Waals surface area (Å²) in [6, 6.07) is 7.71. The minimum Gasteiger partial charge on any atom is -0.371 e. The third kappa shape index (κ3) is 6.83. The lowest BCUT2D eigenvalue weighted by molar-refractivity contribution is -0.173. The first-order valence-electron chi connectivity index (χ1n) is 5.50. The fourth-order valence-corrected chi connectivity index (χ4v) is 1.49. The first-order chi connectivity index (χ1) is 8.51. The van der Waals surface area contributed by atoms with Crippen molar-refractivity contribution in [1.82, 2.24) is 5.32 Å². The number of nitrogens with one attached hydrogen (secondary N) is 1. The minimum absolute atomic E-state index is 0.0409. The molecule has 0 aliphatic rings. The van der Waals surface area contributed by atoms with Crippen molar-refractivity contribution in [3.8, 4) is 0 Å². The van der Waals surface area contributed by atoms with Crippen molar-refractivity contribution in [1.29, 1.82) is 0 Å². The van der Waals surface area contributed by atoms with Crippen molar-refractivity contribution >= 4 is 11.6 Å². The zero-order chi connectivity index (χ0) is 13.4. The minimum atomic E-state index is -4.25. The summed E-state index contributed by atoms with van der Waals surface area (Å²) in [5.74, 6) is 0.471. The highest BCUT2D eigenvalue weighted by Gasteiger charge is 2.27. The Balaban J connectivity index is 2.10. The molecule has 6 heteroatoms. The number of hydrogen-bond acceptors (Lipinski definition) is 2. The van der Waals surface area contributed by atoms with Crippen LogP contribution in [-0.4, -0.2) is 25.9 Å². The van der Waals surface area contributed by atoms with Gasteiger partial charge in [0.15, 0.2) is 0 Å². The lowest BCUT2D eigenvalue weighted by Gasteiger charge is -2.08. The van der Waals surface area contributed by atoms with Crippen molar-refractivity contribution in [2.45, 2.75) is 18.6 Å². The number of rotatable bonds is 7. The van der Waals surface area contributed by atoms with Crippen molar-refractivity contribution in [3.63, 3.8) is 0 Å². The molecular formula is C12H15ClF3NO. The molecule has 0 atom stereocenters. The SMILES string of the molecule is FC(F)(F)COCCNCc1ccc(CCl)cc1. The zero-order valence-corrected chi connectivity index (χ0v) is 10.5. The molecule has 0 unspecified atom stereocenters. The molecule has 0 radical (unpaired) electrons. The Morgan fingerprint density at radius 2 is 1.72 bits per heavy atom. The summed E-state index contributed by atoms with van der Waals surface area (Å²) in [5, 5.41) is 3.00. The second-order valence-electron chi connectivity index (χ2n) is 3.79. The van der Waals surface area contributed by atoms with E-state index in [1.165, 1.54) is 0 Å². The normalized spacial score (nSPS) is 11.8. The van der Waals surface area contributed by atoms with Gasteiger partial charge in [-0.25, -0.2) is 0 Å². The largest absolute Gasteiger partial charge is 0.411 e. The van der Waals surface area contributed by atoms with Crippen LogP contribution in [-0.2, 0) is 17.2 Å². The van der Waals surface area contributed by atoms with E-state index in [0.717, 1.165) is 11.1 Å². The molecule has 0 bridgehead atoms. The van der Waals surface area contributed by atoms with Crippen LogP contribution < -0.4 is 5.32 Å². The van der Waals surface area contributed by atoms with Crippen LogP contribution in [0.5, 0.6) is 0 Å². The quantitative estimate of drug-likeness (QED) is 0.612. The third-order valence-corrected chi connectivity index (χ3v) is 2.50. The highest BCUT2D eigenvalue weighted by molar-refractivity contribution is 6.17. The fraction of sp³-hybridized carbons (Fsp3) is 0.500. The fourth-order valence-electron chi connectivity index (χ4n) is 1.31. The van der Waals surface area contributed by atoms with E-state index in [4.69, 9.17) is 11.6 Å². The highest BCUT2D eigenvalue weighted by Crippen LogP contribution is 2.14. The van der Waals surface area contributed by atoms with E-state index in [0.29, 0.717) is 19.0 Å². The van der Waals surface area contributed by atoms with Gasteiger partial charge in [-0.1, -0.05) is 24.3 Å². The lowest BCUT2D eigenvalue weighted by Crippen LogP contribution is -2.23. The number of benzene rings is 1. The number of halogens is 4. The molecule has 18 heavy (non-hydrogen) atoms. The van der Waals surface area contributed by atoms with Crippen molar-refractivity contribution < 1.29 is 17.9 Å². The maximum atomic E-state index is 11.7. The van der Waals surface area contributed by atoms with Crippen LogP contribution in [0, 0.1) is 0 Å². The molecule has 1 rings (SSSR count). The smallest absolute Gasteiger partial charge is 0.371 e. The highest BCUT2D eigenvalue weighted by atomic mass is 35.5. The molecule has 2 nitrogen and oxygen atoms in total. The second-order valence-corrected chi connectivity index (χ2v) is 4.06. The van der Waals surface area contributed by atoms with Crippen LogP contribution in [0.4, 0.5) is 13.2 Å². The summed E-state index contributed by atoms with van der Waals surface area (Å²) in [7, 11) is 0. The Kier molecular flexibility index (Phi) is 6.46. The van der Waals surface area contributed by atoms with E-state index in [-0.39, 0.29) is 6.61 Å². The molecule has 0 amide bonds. The molecule has 0 spiro atoms. The summed E-state index contributed by atoms with van der Waals surface area (Å²) >= 11 is 5.65. The average Bonchev–Trinajstić information content (AvgIpc) is 2.33. The van der Waals surface area contributed by atoms with E-state index in [2.05, 4.69) is 10.1 Å². The summed E-state index contributed by atoms with van der Waals surface area (Å²) in [6.07, 6.45) is -4.25. The van der Waals surface area contributed by atoms with Gasteiger partial charge in [0.05, 0.1) is 6.61 Å². The summed E-state index contributed by atoms with van der Waals surface area (Å²) in [6.45, 7) is -0.177. The summed E-state index contributed by atoms with van der Waals surface area (Å²) in [4.78, 5) is 0. The molecule has 0 aliphatic carbocycles. The molecule has 0 heterocycles. The van der Waals surface area contributed by atoms with Gasteiger partial charge >= 0.3 is 6.18 Å². The predicted molar refractivity (Wildman–Crippen MR) is 64.6 cm³/mol.